The largest absolute Gasteiger partial charge is 0.370 e. The van der Waals surface area contributed by atoms with Crippen LogP contribution in [-0.4, -0.2) is 12.5 Å². The number of rotatable bonds is 5. The third-order valence-corrected chi connectivity index (χ3v) is 3.04. The van der Waals surface area contributed by atoms with Crippen molar-refractivity contribution in [2.45, 2.75) is 26.3 Å². The number of nitrogens with one attached hydrogen (secondary N) is 1. The lowest BCUT2D eigenvalue weighted by atomic mass is 10.2. The van der Waals surface area contributed by atoms with Crippen LogP contribution in [0.4, 0.5) is 4.39 Å². The van der Waals surface area contributed by atoms with E-state index in [1.165, 1.54) is 12.1 Å². The van der Waals surface area contributed by atoms with E-state index in [2.05, 4.69) is 33.2 Å². The Labute approximate surface area is 133 Å². The van der Waals surface area contributed by atoms with Gasteiger partial charge < -0.3 is 11.1 Å². The summed E-state index contributed by atoms with van der Waals surface area (Å²) in [5, 5.41) is 3.01. The summed E-state index contributed by atoms with van der Waals surface area (Å²) in [6, 6.07) is 4.52. The molecule has 0 spiro atoms. The number of aliphatic imine (C=N–C) groups is 1. The summed E-state index contributed by atoms with van der Waals surface area (Å²) < 4.78 is 13.8. The van der Waals surface area contributed by atoms with E-state index < -0.39 is 0 Å². The SMILES string of the molecule is CCCCNC(N)=NCc1cc(F)ccc1Br.I. The van der Waals surface area contributed by atoms with Crippen LogP contribution in [-0.2, 0) is 6.54 Å². The Hall–Kier alpha value is -0.370. The molecule has 6 heteroatoms. The molecule has 0 aliphatic heterocycles. The smallest absolute Gasteiger partial charge is 0.188 e. The molecule has 0 saturated carbocycles. The van der Waals surface area contributed by atoms with E-state index in [1.54, 1.807) is 6.07 Å². The maximum atomic E-state index is 13.0. The molecule has 1 aromatic rings. The first-order valence-electron chi connectivity index (χ1n) is 5.61. The summed E-state index contributed by atoms with van der Waals surface area (Å²) in [5.74, 6) is 0.130. The molecule has 0 amide bonds. The minimum Gasteiger partial charge on any atom is -0.370 e. The third kappa shape index (κ3) is 6.53. The summed E-state index contributed by atoms with van der Waals surface area (Å²) in [6.45, 7) is 3.29. The lowest BCUT2D eigenvalue weighted by Crippen LogP contribution is -2.32. The van der Waals surface area contributed by atoms with Crippen molar-refractivity contribution in [2.24, 2.45) is 10.7 Å². The molecule has 102 valence electrons. The summed E-state index contributed by atoms with van der Waals surface area (Å²) in [5.41, 5.74) is 6.46. The highest BCUT2D eigenvalue weighted by molar-refractivity contribution is 14.0. The predicted molar refractivity (Wildman–Crippen MR) is 87.8 cm³/mol. The van der Waals surface area contributed by atoms with E-state index in [0.717, 1.165) is 29.4 Å². The van der Waals surface area contributed by atoms with Gasteiger partial charge in [-0.2, -0.15) is 0 Å². The lowest BCUT2D eigenvalue weighted by molar-refractivity contribution is 0.625. The van der Waals surface area contributed by atoms with Crippen molar-refractivity contribution >= 4 is 45.9 Å². The van der Waals surface area contributed by atoms with Gasteiger partial charge in [-0.3, -0.25) is 0 Å². The van der Waals surface area contributed by atoms with E-state index in [1.807, 2.05) is 0 Å². The van der Waals surface area contributed by atoms with Crippen molar-refractivity contribution in [3.05, 3.63) is 34.1 Å². The van der Waals surface area contributed by atoms with Gasteiger partial charge in [0.25, 0.3) is 0 Å². The Bertz CT molecular complexity index is 399. The van der Waals surface area contributed by atoms with Gasteiger partial charge in [0.2, 0.25) is 0 Å². The second-order valence-corrected chi connectivity index (χ2v) is 4.57. The van der Waals surface area contributed by atoms with Gasteiger partial charge >= 0.3 is 0 Å². The predicted octanol–water partition coefficient (Wildman–Crippen LogP) is 3.41. The molecular weight excluding hydrogens is 412 g/mol. The molecular formula is C12H18BrFIN3. The molecule has 3 N–H and O–H groups in total. The van der Waals surface area contributed by atoms with E-state index in [-0.39, 0.29) is 29.8 Å². The van der Waals surface area contributed by atoms with Crippen LogP contribution in [0, 0.1) is 5.82 Å². The molecule has 0 fully saturated rings. The topological polar surface area (TPSA) is 50.4 Å². The van der Waals surface area contributed by atoms with Gasteiger partial charge in [0.1, 0.15) is 5.82 Å². The van der Waals surface area contributed by atoms with Crippen LogP contribution in [0.25, 0.3) is 0 Å². The number of unbranched alkanes of at least 4 members (excludes halogenated alkanes) is 1. The standard InChI is InChI=1S/C12H17BrFN3.HI/c1-2-3-6-16-12(15)17-8-9-7-10(14)4-5-11(9)13;/h4-5,7H,2-3,6,8H2,1H3,(H3,15,16,17);1H. The second-order valence-electron chi connectivity index (χ2n) is 3.72. The maximum absolute atomic E-state index is 13.0. The highest BCUT2D eigenvalue weighted by atomic mass is 127. The van der Waals surface area contributed by atoms with E-state index in [9.17, 15) is 4.39 Å². The molecule has 0 aliphatic carbocycles. The highest BCUT2D eigenvalue weighted by Crippen LogP contribution is 2.18. The molecule has 0 atom stereocenters. The minimum absolute atomic E-state index is 0. The molecule has 0 aliphatic rings. The zero-order chi connectivity index (χ0) is 12.7. The first kappa shape index (κ1) is 17.6. The molecule has 0 radical (unpaired) electrons. The van der Waals surface area contributed by atoms with Crippen molar-refractivity contribution < 1.29 is 4.39 Å². The van der Waals surface area contributed by atoms with Crippen molar-refractivity contribution in [1.29, 1.82) is 0 Å². The fourth-order valence-corrected chi connectivity index (χ4v) is 1.66. The Morgan fingerprint density at radius 1 is 1.50 bits per heavy atom. The van der Waals surface area contributed by atoms with Gasteiger partial charge in [-0.05, 0) is 30.2 Å². The molecule has 0 saturated heterocycles. The Balaban J connectivity index is 0.00000289. The van der Waals surface area contributed by atoms with Crippen LogP contribution in [0.2, 0.25) is 0 Å². The van der Waals surface area contributed by atoms with Gasteiger partial charge in [0, 0.05) is 11.0 Å². The number of halogens is 3. The maximum Gasteiger partial charge on any atom is 0.188 e. The molecule has 18 heavy (non-hydrogen) atoms. The van der Waals surface area contributed by atoms with Crippen LogP contribution < -0.4 is 11.1 Å². The quantitative estimate of drug-likeness (QED) is 0.326. The summed E-state index contributed by atoms with van der Waals surface area (Å²) in [6.07, 6.45) is 2.16. The zero-order valence-electron chi connectivity index (χ0n) is 10.2. The molecule has 0 aromatic heterocycles. The van der Waals surface area contributed by atoms with Crippen LogP contribution in [0.1, 0.15) is 25.3 Å². The van der Waals surface area contributed by atoms with Gasteiger partial charge in [-0.1, -0.05) is 29.3 Å². The van der Waals surface area contributed by atoms with E-state index in [4.69, 9.17) is 5.73 Å². The first-order chi connectivity index (χ1) is 8.13. The first-order valence-corrected chi connectivity index (χ1v) is 6.40. The minimum atomic E-state index is -0.268. The number of hydrogen-bond donors (Lipinski definition) is 2. The Morgan fingerprint density at radius 3 is 2.89 bits per heavy atom. The number of nitrogens with zero attached hydrogens (tertiary/aromatic N) is 1. The number of guanidine groups is 1. The Kier molecular flexibility index (Phi) is 9.35. The monoisotopic (exact) mass is 429 g/mol. The van der Waals surface area contributed by atoms with Gasteiger partial charge in [0.05, 0.1) is 6.54 Å². The highest BCUT2D eigenvalue weighted by Gasteiger charge is 2.01. The molecule has 0 bridgehead atoms. The molecule has 1 aromatic carbocycles. The van der Waals surface area contributed by atoms with Crippen LogP contribution >= 0.6 is 39.9 Å². The normalized spacial score (nSPS) is 10.9. The number of nitrogens with two attached hydrogens (primary N) is 1. The molecule has 0 heterocycles. The molecule has 1 rings (SSSR count). The summed E-state index contributed by atoms with van der Waals surface area (Å²) in [7, 11) is 0. The molecule has 3 nitrogen and oxygen atoms in total. The fraction of sp³-hybridized carbons (Fsp3) is 0.417. The number of hydrogen-bond acceptors (Lipinski definition) is 1. The fourth-order valence-electron chi connectivity index (χ4n) is 1.28. The molecule has 0 unspecified atom stereocenters. The lowest BCUT2D eigenvalue weighted by Gasteiger charge is -2.05. The summed E-state index contributed by atoms with van der Waals surface area (Å²) in [4.78, 5) is 4.15. The van der Waals surface area contributed by atoms with Crippen molar-refractivity contribution in [1.82, 2.24) is 5.32 Å². The summed E-state index contributed by atoms with van der Waals surface area (Å²) >= 11 is 3.35. The Morgan fingerprint density at radius 2 is 2.22 bits per heavy atom. The van der Waals surface area contributed by atoms with E-state index >= 15 is 0 Å². The average Bonchev–Trinajstić information content (AvgIpc) is 2.31. The van der Waals surface area contributed by atoms with Crippen molar-refractivity contribution in [3.8, 4) is 0 Å². The average molecular weight is 430 g/mol. The zero-order valence-corrected chi connectivity index (χ0v) is 14.2. The second kappa shape index (κ2) is 9.55. The van der Waals surface area contributed by atoms with E-state index in [0.29, 0.717) is 12.5 Å². The van der Waals surface area contributed by atoms with Gasteiger partial charge in [0.15, 0.2) is 5.96 Å². The van der Waals surface area contributed by atoms with Crippen LogP contribution in [0.3, 0.4) is 0 Å². The van der Waals surface area contributed by atoms with Gasteiger partial charge in [-0.15, -0.1) is 24.0 Å². The van der Waals surface area contributed by atoms with Crippen molar-refractivity contribution in [3.63, 3.8) is 0 Å². The van der Waals surface area contributed by atoms with Gasteiger partial charge in [-0.25, -0.2) is 9.38 Å². The van der Waals surface area contributed by atoms with Crippen LogP contribution in [0.15, 0.2) is 27.7 Å². The van der Waals surface area contributed by atoms with Crippen molar-refractivity contribution in [2.75, 3.05) is 6.54 Å². The number of benzene rings is 1. The third-order valence-electron chi connectivity index (χ3n) is 2.26. The van der Waals surface area contributed by atoms with Crippen LogP contribution in [0.5, 0.6) is 0 Å².